The lowest BCUT2D eigenvalue weighted by Gasteiger charge is -2.30. The molecular formula is C27H28N4O3. The fraction of sp³-hybridized carbons (Fsp3) is 0.296. The highest BCUT2D eigenvalue weighted by Crippen LogP contribution is 2.29. The van der Waals surface area contributed by atoms with E-state index in [1.54, 1.807) is 6.20 Å². The number of oxazole rings is 1. The van der Waals surface area contributed by atoms with E-state index in [1.165, 1.54) is 5.56 Å². The van der Waals surface area contributed by atoms with Gasteiger partial charge in [-0.05, 0) is 55.7 Å². The smallest absolute Gasteiger partial charge is 0.271 e. The average Bonchev–Trinajstić information content (AvgIpc) is 3.55. The summed E-state index contributed by atoms with van der Waals surface area (Å²) in [6.45, 7) is 3.88. The first-order valence-electron chi connectivity index (χ1n) is 11.8. The summed E-state index contributed by atoms with van der Waals surface area (Å²) in [6, 6.07) is 19.7. The number of rotatable bonds is 7. The van der Waals surface area contributed by atoms with E-state index >= 15 is 0 Å². The number of carbonyl (C=O) groups excluding carboxylic acids is 1. The van der Waals surface area contributed by atoms with Crippen molar-refractivity contribution in [1.82, 2.24) is 20.1 Å². The molecule has 1 fully saturated rings. The lowest BCUT2D eigenvalue weighted by atomic mass is 9.97. The number of nitrogens with one attached hydrogen (secondary N) is 1. The van der Waals surface area contributed by atoms with Gasteiger partial charge in [0.25, 0.3) is 5.91 Å². The van der Waals surface area contributed by atoms with Crippen molar-refractivity contribution in [2.24, 2.45) is 0 Å². The number of H-pyrrole nitrogens is 1. The van der Waals surface area contributed by atoms with Crippen LogP contribution in [0.5, 0.6) is 5.75 Å². The highest BCUT2D eigenvalue weighted by atomic mass is 16.5. The van der Waals surface area contributed by atoms with Gasteiger partial charge in [0.05, 0.1) is 24.4 Å². The fourth-order valence-corrected chi connectivity index (χ4v) is 4.39. The van der Waals surface area contributed by atoms with Gasteiger partial charge in [0, 0.05) is 25.1 Å². The van der Waals surface area contributed by atoms with Crippen LogP contribution in [0, 0.1) is 0 Å². The molecule has 1 amide bonds. The third-order valence-corrected chi connectivity index (χ3v) is 6.12. The predicted octanol–water partition coefficient (Wildman–Crippen LogP) is 5.07. The molecule has 7 heteroatoms. The topological polar surface area (TPSA) is 84.2 Å². The van der Waals surface area contributed by atoms with Crippen LogP contribution in [0.3, 0.4) is 0 Å². The number of carbonyl (C=O) groups is 1. The minimum absolute atomic E-state index is 0.0505. The molecule has 0 unspecified atom stereocenters. The van der Waals surface area contributed by atoms with E-state index in [2.05, 4.69) is 27.3 Å². The van der Waals surface area contributed by atoms with Crippen LogP contribution in [0.25, 0.3) is 11.3 Å². The number of benzene rings is 2. The summed E-state index contributed by atoms with van der Waals surface area (Å²) >= 11 is 0. The zero-order valence-corrected chi connectivity index (χ0v) is 19.2. The zero-order chi connectivity index (χ0) is 23.3. The number of hydrogen-bond donors (Lipinski definition) is 1. The van der Waals surface area contributed by atoms with E-state index in [9.17, 15) is 4.79 Å². The van der Waals surface area contributed by atoms with Gasteiger partial charge < -0.3 is 14.1 Å². The molecule has 174 valence electrons. The van der Waals surface area contributed by atoms with Crippen LogP contribution in [0.15, 0.2) is 71.3 Å². The van der Waals surface area contributed by atoms with Crippen molar-refractivity contribution in [1.29, 1.82) is 0 Å². The van der Waals surface area contributed by atoms with Crippen LogP contribution in [-0.4, -0.2) is 45.7 Å². The second-order valence-corrected chi connectivity index (χ2v) is 8.54. The number of piperidine rings is 1. The first-order chi connectivity index (χ1) is 16.7. The zero-order valence-electron chi connectivity index (χ0n) is 19.2. The van der Waals surface area contributed by atoms with Gasteiger partial charge in [0.2, 0.25) is 0 Å². The molecule has 1 aliphatic rings. The van der Waals surface area contributed by atoms with E-state index < -0.39 is 0 Å². The van der Waals surface area contributed by atoms with E-state index in [0.717, 1.165) is 35.6 Å². The molecule has 1 N–H and O–H groups in total. The molecule has 0 bridgehead atoms. The van der Waals surface area contributed by atoms with Crippen molar-refractivity contribution in [3.05, 3.63) is 89.8 Å². The molecule has 0 aliphatic carbocycles. The van der Waals surface area contributed by atoms with Crippen molar-refractivity contribution < 1.29 is 13.9 Å². The Morgan fingerprint density at radius 3 is 2.79 bits per heavy atom. The van der Waals surface area contributed by atoms with Crippen LogP contribution in [0.4, 0.5) is 0 Å². The van der Waals surface area contributed by atoms with Crippen molar-refractivity contribution in [3.63, 3.8) is 0 Å². The van der Waals surface area contributed by atoms with E-state index in [1.807, 2.05) is 60.4 Å². The fourth-order valence-electron chi connectivity index (χ4n) is 4.39. The maximum Gasteiger partial charge on any atom is 0.271 e. The molecule has 2 aromatic heterocycles. The van der Waals surface area contributed by atoms with Gasteiger partial charge in [-0.3, -0.25) is 9.89 Å². The second kappa shape index (κ2) is 9.95. The highest BCUT2D eigenvalue weighted by molar-refractivity contribution is 5.93. The molecule has 34 heavy (non-hydrogen) atoms. The number of hydrogen-bond acceptors (Lipinski definition) is 5. The molecule has 4 aromatic rings. The van der Waals surface area contributed by atoms with Crippen LogP contribution < -0.4 is 4.74 Å². The van der Waals surface area contributed by atoms with Crippen LogP contribution in [0.2, 0.25) is 0 Å². The molecule has 0 saturated carbocycles. The van der Waals surface area contributed by atoms with Crippen molar-refractivity contribution in [2.45, 2.75) is 32.1 Å². The molecule has 0 radical (unpaired) electrons. The largest absolute Gasteiger partial charge is 0.494 e. The van der Waals surface area contributed by atoms with E-state index in [4.69, 9.17) is 9.15 Å². The Bertz CT molecular complexity index is 1230. The Balaban J connectivity index is 1.24. The molecule has 2 aromatic carbocycles. The normalized spacial score (nSPS) is 15.9. The van der Waals surface area contributed by atoms with Gasteiger partial charge >= 0.3 is 0 Å². The lowest BCUT2D eigenvalue weighted by Crippen LogP contribution is -2.39. The van der Waals surface area contributed by atoms with Crippen molar-refractivity contribution in [3.8, 4) is 17.0 Å². The Morgan fingerprint density at radius 2 is 2.00 bits per heavy atom. The summed E-state index contributed by atoms with van der Waals surface area (Å²) in [5.41, 5.74) is 3.34. The van der Waals surface area contributed by atoms with Crippen LogP contribution in [0.1, 0.15) is 53.4 Å². The summed E-state index contributed by atoms with van der Waals surface area (Å²) in [6.07, 6.45) is 4.38. The molecule has 1 atom stereocenters. The minimum Gasteiger partial charge on any atom is -0.494 e. The molecule has 5 rings (SSSR count). The van der Waals surface area contributed by atoms with Gasteiger partial charge in [-0.15, -0.1) is 0 Å². The van der Waals surface area contributed by atoms with Crippen LogP contribution in [-0.2, 0) is 6.42 Å². The third kappa shape index (κ3) is 4.88. The molecule has 7 nitrogen and oxygen atoms in total. The monoisotopic (exact) mass is 456 g/mol. The summed E-state index contributed by atoms with van der Waals surface area (Å²) in [7, 11) is 0. The Morgan fingerprint density at radius 1 is 1.18 bits per heavy atom. The predicted molar refractivity (Wildman–Crippen MR) is 129 cm³/mol. The quantitative estimate of drug-likeness (QED) is 0.420. The number of likely N-dealkylation sites (tertiary alicyclic amines) is 1. The molecule has 3 heterocycles. The number of aromatic amines is 1. The molecule has 1 aliphatic heterocycles. The van der Waals surface area contributed by atoms with Gasteiger partial charge in [0.1, 0.15) is 17.2 Å². The first-order valence-corrected chi connectivity index (χ1v) is 11.8. The maximum absolute atomic E-state index is 13.2. The highest BCUT2D eigenvalue weighted by Gasteiger charge is 2.29. The summed E-state index contributed by atoms with van der Waals surface area (Å²) in [5.74, 6) is 2.42. The number of amides is 1. The number of ether oxygens (including phenoxy) is 1. The summed E-state index contributed by atoms with van der Waals surface area (Å²) in [5, 5.41) is 7.27. The van der Waals surface area contributed by atoms with Crippen molar-refractivity contribution in [2.75, 3.05) is 19.7 Å². The van der Waals surface area contributed by atoms with E-state index in [-0.39, 0.29) is 11.8 Å². The maximum atomic E-state index is 13.2. The summed E-state index contributed by atoms with van der Waals surface area (Å²) < 4.78 is 11.6. The Hall–Kier alpha value is -3.87. The van der Waals surface area contributed by atoms with Gasteiger partial charge in [-0.25, -0.2) is 4.98 Å². The van der Waals surface area contributed by atoms with Gasteiger partial charge in [0.15, 0.2) is 5.89 Å². The lowest BCUT2D eigenvalue weighted by molar-refractivity contribution is 0.0692. The molecular weight excluding hydrogens is 428 g/mol. The number of nitrogens with zero attached hydrogens (tertiary/aromatic N) is 3. The van der Waals surface area contributed by atoms with Crippen LogP contribution >= 0.6 is 0 Å². The molecule has 0 spiro atoms. The standard InChI is InChI=1S/C27H28N4O3/c1-2-33-22-12-10-20(11-13-22)24-16-25(30-29-24)27(32)31-14-6-9-21(18-31)26-28-17-23(34-26)15-19-7-4-3-5-8-19/h3-5,7-8,10-13,16-17,21H,2,6,9,14-15,18H2,1H3,(H,29,30)/t21-/m0/s1. The average molecular weight is 457 g/mol. The second-order valence-electron chi connectivity index (χ2n) is 8.54. The summed E-state index contributed by atoms with van der Waals surface area (Å²) in [4.78, 5) is 19.6. The van der Waals surface area contributed by atoms with Gasteiger partial charge in [-0.2, -0.15) is 5.10 Å². The minimum atomic E-state index is -0.0505. The Kier molecular flexibility index (Phi) is 6.42. The SMILES string of the molecule is CCOc1ccc(-c2cc(C(=O)N3CCC[C@H](c4ncc(Cc5ccccc5)o4)C3)[nH]n2)cc1. The van der Waals surface area contributed by atoms with Gasteiger partial charge in [-0.1, -0.05) is 30.3 Å². The molecule has 1 saturated heterocycles. The number of aromatic nitrogens is 3. The first kappa shape index (κ1) is 21.9. The van der Waals surface area contributed by atoms with Crippen molar-refractivity contribution >= 4 is 5.91 Å². The van der Waals surface area contributed by atoms with E-state index in [0.29, 0.717) is 37.7 Å². The Labute approximate surface area is 198 Å². The third-order valence-electron chi connectivity index (χ3n) is 6.12.